The van der Waals surface area contributed by atoms with E-state index in [2.05, 4.69) is 17.9 Å². The summed E-state index contributed by atoms with van der Waals surface area (Å²) in [6, 6.07) is 3.38. The first kappa shape index (κ1) is 13.5. The molecule has 3 nitrogen and oxygen atoms in total. The Labute approximate surface area is 99.6 Å². The number of rotatable bonds is 6. The number of nitrogens with zero attached hydrogens (tertiary/aromatic N) is 2. The maximum Gasteiger partial charge on any atom is 0.0622 e. The minimum atomic E-state index is 0.429. The van der Waals surface area contributed by atoms with Gasteiger partial charge in [0.25, 0.3) is 0 Å². The van der Waals surface area contributed by atoms with Crippen molar-refractivity contribution in [2.45, 2.75) is 64.0 Å². The average Bonchev–Trinajstić information content (AvgIpc) is 2.29. The molecule has 1 saturated carbocycles. The van der Waals surface area contributed by atoms with E-state index >= 15 is 0 Å². The standard InChI is InChI=1S/C13H25N3/c1-2-10-16(11-4-3-9-14)13-7-5-12(15)6-8-13/h12-13H,2-8,10-11,15H2,1H3. The summed E-state index contributed by atoms with van der Waals surface area (Å²) in [5.74, 6) is 0. The van der Waals surface area contributed by atoms with Crippen molar-refractivity contribution >= 4 is 0 Å². The maximum absolute atomic E-state index is 8.57. The maximum atomic E-state index is 8.57. The molecule has 0 aromatic carbocycles. The highest BCUT2D eigenvalue weighted by Gasteiger charge is 2.23. The third kappa shape index (κ3) is 4.51. The van der Waals surface area contributed by atoms with E-state index in [1.807, 2.05) is 0 Å². The lowest BCUT2D eigenvalue weighted by Gasteiger charge is -2.35. The van der Waals surface area contributed by atoms with E-state index in [1.165, 1.54) is 38.6 Å². The molecule has 0 amide bonds. The Morgan fingerprint density at radius 3 is 2.50 bits per heavy atom. The summed E-state index contributed by atoms with van der Waals surface area (Å²) >= 11 is 0. The average molecular weight is 223 g/mol. The number of nitrogens with two attached hydrogens (primary N) is 1. The van der Waals surface area contributed by atoms with E-state index in [-0.39, 0.29) is 0 Å². The van der Waals surface area contributed by atoms with Gasteiger partial charge in [-0.25, -0.2) is 0 Å². The Morgan fingerprint density at radius 2 is 1.94 bits per heavy atom. The van der Waals surface area contributed by atoms with Crippen LogP contribution in [-0.4, -0.2) is 30.1 Å². The molecule has 0 saturated heterocycles. The molecule has 1 aliphatic carbocycles. The lowest BCUT2D eigenvalue weighted by molar-refractivity contribution is 0.148. The number of unbranched alkanes of at least 4 members (excludes halogenated alkanes) is 1. The van der Waals surface area contributed by atoms with Crippen LogP contribution < -0.4 is 5.73 Å². The third-order valence-corrected chi connectivity index (χ3v) is 3.50. The monoisotopic (exact) mass is 223 g/mol. The minimum absolute atomic E-state index is 0.429. The molecule has 16 heavy (non-hydrogen) atoms. The molecule has 0 bridgehead atoms. The van der Waals surface area contributed by atoms with Gasteiger partial charge in [0, 0.05) is 18.5 Å². The molecule has 1 aliphatic rings. The number of nitriles is 1. The van der Waals surface area contributed by atoms with Crippen molar-refractivity contribution in [1.29, 1.82) is 5.26 Å². The zero-order valence-corrected chi connectivity index (χ0v) is 10.5. The molecule has 3 heteroatoms. The highest BCUT2D eigenvalue weighted by molar-refractivity contribution is 4.81. The molecular formula is C13H25N3. The largest absolute Gasteiger partial charge is 0.328 e. The fourth-order valence-corrected chi connectivity index (χ4v) is 2.59. The van der Waals surface area contributed by atoms with Crippen LogP contribution in [0.15, 0.2) is 0 Å². The Hall–Kier alpha value is -0.590. The van der Waals surface area contributed by atoms with Gasteiger partial charge in [0.1, 0.15) is 0 Å². The van der Waals surface area contributed by atoms with Crippen LogP contribution in [0, 0.1) is 11.3 Å². The molecule has 0 heterocycles. The summed E-state index contributed by atoms with van der Waals surface area (Å²) in [5, 5.41) is 8.57. The zero-order valence-electron chi connectivity index (χ0n) is 10.5. The fourth-order valence-electron chi connectivity index (χ4n) is 2.59. The Morgan fingerprint density at radius 1 is 1.25 bits per heavy atom. The van der Waals surface area contributed by atoms with E-state index in [4.69, 9.17) is 11.0 Å². The Kier molecular flexibility index (Phi) is 6.44. The molecule has 0 atom stereocenters. The van der Waals surface area contributed by atoms with Crippen LogP contribution in [-0.2, 0) is 0 Å². The van der Waals surface area contributed by atoms with E-state index in [9.17, 15) is 0 Å². The van der Waals surface area contributed by atoms with E-state index in [0.29, 0.717) is 12.5 Å². The summed E-state index contributed by atoms with van der Waals surface area (Å²) in [6.07, 6.45) is 7.73. The molecule has 0 radical (unpaired) electrons. The van der Waals surface area contributed by atoms with Crippen molar-refractivity contribution in [3.63, 3.8) is 0 Å². The van der Waals surface area contributed by atoms with Crippen molar-refractivity contribution in [3.05, 3.63) is 0 Å². The number of hydrogen-bond acceptors (Lipinski definition) is 3. The fraction of sp³-hybridized carbons (Fsp3) is 0.923. The van der Waals surface area contributed by atoms with Gasteiger partial charge < -0.3 is 10.6 Å². The van der Waals surface area contributed by atoms with Gasteiger partial charge in [0.05, 0.1) is 6.07 Å². The topological polar surface area (TPSA) is 53.0 Å². The lowest BCUT2D eigenvalue weighted by Crippen LogP contribution is -2.41. The van der Waals surface area contributed by atoms with Crippen LogP contribution in [0.5, 0.6) is 0 Å². The third-order valence-electron chi connectivity index (χ3n) is 3.50. The normalized spacial score (nSPS) is 25.6. The van der Waals surface area contributed by atoms with Crippen molar-refractivity contribution < 1.29 is 0 Å². The predicted molar refractivity (Wildman–Crippen MR) is 66.9 cm³/mol. The van der Waals surface area contributed by atoms with Gasteiger partial charge in [0.2, 0.25) is 0 Å². The lowest BCUT2D eigenvalue weighted by atomic mass is 9.90. The summed E-state index contributed by atoms with van der Waals surface area (Å²) in [6.45, 7) is 4.48. The molecule has 1 fully saturated rings. The first-order valence-electron chi connectivity index (χ1n) is 6.64. The highest BCUT2D eigenvalue weighted by Crippen LogP contribution is 2.22. The SMILES string of the molecule is CCCN(CCCC#N)C1CCC(N)CC1. The van der Waals surface area contributed by atoms with Gasteiger partial charge in [-0.05, 0) is 51.6 Å². The van der Waals surface area contributed by atoms with Crippen molar-refractivity contribution in [2.24, 2.45) is 5.73 Å². The van der Waals surface area contributed by atoms with E-state index in [1.54, 1.807) is 0 Å². The molecule has 0 unspecified atom stereocenters. The number of hydrogen-bond donors (Lipinski definition) is 1. The molecule has 0 aromatic rings. The molecule has 1 rings (SSSR count). The molecular weight excluding hydrogens is 198 g/mol. The predicted octanol–water partition coefficient (Wildman–Crippen LogP) is 2.27. The first-order chi connectivity index (χ1) is 7.77. The Bertz CT molecular complexity index is 214. The van der Waals surface area contributed by atoms with E-state index < -0.39 is 0 Å². The van der Waals surface area contributed by atoms with Crippen molar-refractivity contribution in [2.75, 3.05) is 13.1 Å². The van der Waals surface area contributed by atoms with Crippen LogP contribution in [0.4, 0.5) is 0 Å². The van der Waals surface area contributed by atoms with Gasteiger partial charge in [-0.2, -0.15) is 5.26 Å². The molecule has 2 N–H and O–H groups in total. The van der Waals surface area contributed by atoms with Crippen LogP contribution in [0.1, 0.15) is 51.9 Å². The second-order valence-corrected chi connectivity index (χ2v) is 4.87. The molecule has 0 aliphatic heterocycles. The first-order valence-corrected chi connectivity index (χ1v) is 6.64. The quantitative estimate of drug-likeness (QED) is 0.703. The van der Waals surface area contributed by atoms with Crippen LogP contribution in [0.2, 0.25) is 0 Å². The van der Waals surface area contributed by atoms with Crippen molar-refractivity contribution in [3.8, 4) is 6.07 Å². The highest BCUT2D eigenvalue weighted by atomic mass is 15.1. The van der Waals surface area contributed by atoms with Crippen LogP contribution >= 0.6 is 0 Å². The molecule has 0 spiro atoms. The zero-order chi connectivity index (χ0) is 11.8. The van der Waals surface area contributed by atoms with Gasteiger partial charge in [-0.3, -0.25) is 0 Å². The second-order valence-electron chi connectivity index (χ2n) is 4.87. The van der Waals surface area contributed by atoms with Gasteiger partial charge in [0.15, 0.2) is 0 Å². The summed E-state index contributed by atoms with van der Waals surface area (Å²) in [4.78, 5) is 2.57. The van der Waals surface area contributed by atoms with Gasteiger partial charge in [-0.1, -0.05) is 6.92 Å². The van der Waals surface area contributed by atoms with E-state index in [0.717, 1.165) is 19.0 Å². The van der Waals surface area contributed by atoms with Crippen molar-refractivity contribution in [1.82, 2.24) is 4.90 Å². The molecule has 92 valence electrons. The van der Waals surface area contributed by atoms with Crippen LogP contribution in [0.3, 0.4) is 0 Å². The van der Waals surface area contributed by atoms with Gasteiger partial charge >= 0.3 is 0 Å². The summed E-state index contributed by atoms with van der Waals surface area (Å²) < 4.78 is 0. The summed E-state index contributed by atoms with van der Waals surface area (Å²) in [5.41, 5.74) is 5.93. The minimum Gasteiger partial charge on any atom is -0.328 e. The molecule has 0 aromatic heterocycles. The summed E-state index contributed by atoms with van der Waals surface area (Å²) in [7, 11) is 0. The Balaban J connectivity index is 2.33. The second kappa shape index (κ2) is 7.65. The van der Waals surface area contributed by atoms with Gasteiger partial charge in [-0.15, -0.1) is 0 Å². The smallest absolute Gasteiger partial charge is 0.0622 e. The van der Waals surface area contributed by atoms with Crippen LogP contribution in [0.25, 0.3) is 0 Å².